The number of carbonyl (C=O) groups excluding carboxylic acids is 1. The maximum atomic E-state index is 11.9. The lowest BCUT2D eigenvalue weighted by atomic mass is 10.1. The van der Waals surface area contributed by atoms with Crippen molar-refractivity contribution in [1.82, 2.24) is 4.57 Å². The van der Waals surface area contributed by atoms with Gasteiger partial charge in [-0.1, -0.05) is 27.7 Å². The number of hydrogen-bond donors (Lipinski definition) is 1. The van der Waals surface area contributed by atoms with Crippen LogP contribution in [0.1, 0.15) is 34.1 Å². The third-order valence-electron chi connectivity index (χ3n) is 3.66. The fraction of sp³-hybridized carbons (Fsp3) is 0.471. The van der Waals surface area contributed by atoms with Crippen LogP contribution in [0.15, 0.2) is 30.5 Å². The van der Waals surface area contributed by atoms with E-state index in [1.54, 1.807) is 0 Å². The van der Waals surface area contributed by atoms with Gasteiger partial charge in [0.05, 0.1) is 0 Å². The predicted molar refractivity (Wildman–Crippen MR) is 84.9 cm³/mol. The smallest absolute Gasteiger partial charge is 0.227 e. The van der Waals surface area contributed by atoms with Gasteiger partial charge in [0.15, 0.2) is 0 Å². The molecule has 1 aromatic heterocycles. The lowest BCUT2D eigenvalue weighted by Gasteiger charge is -2.11. The molecule has 108 valence electrons. The molecule has 1 aromatic carbocycles. The summed E-state index contributed by atoms with van der Waals surface area (Å²) in [5.74, 6) is 0.764. The van der Waals surface area contributed by atoms with Crippen LogP contribution >= 0.6 is 0 Å². The first-order valence-electron chi connectivity index (χ1n) is 7.41. The maximum absolute atomic E-state index is 11.9. The standard InChI is InChI=1S/C17H24N2O/c1-5-13(4)17(20)18-15-6-7-16-14(10-15)8-9-19(16)11-12(2)3/h6-10,12-13H,5,11H2,1-4H3,(H,18,20)/t13-/m1/s1. The zero-order valence-electron chi connectivity index (χ0n) is 12.8. The second kappa shape index (κ2) is 6.12. The molecule has 0 aliphatic rings. The monoisotopic (exact) mass is 272 g/mol. The Balaban J connectivity index is 2.20. The van der Waals surface area contributed by atoms with E-state index in [4.69, 9.17) is 0 Å². The molecule has 0 fully saturated rings. The highest BCUT2D eigenvalue weighted by Crippen LogP contribution is 2.22. The summed E-state index contributed by atoms with van der Waals surface area (Å²) in [4.78, 5) is 11.9. The third kappa shape index (κ3) is 3.21. The quantitative estimate of drug-likeness (QED) is 0.866. The first-order valence-corrected chi connectivity index (χ1v) is 7.41. The van der Waals surface area contributed by atoms with Crippen molar-refractivity contribution in [3.05, 3.63) is 30.5 Å². The highest BCUT2D eigenvalue weighted by Gasteiger charge is 2.11. The van der Waals surface area contributed by atoms with Crippen molar-refractivity contribution in [3.8, 4) is 0 Å². The van der Waals surface area contributed by atoms with Crippen molar-refractivity contribution < 1.29 is 4.79 Å². The van der Waals surface area contributed by atoms with Crippen molar-refractivity contribution >= 4 is 22.5 Å². The normalized spacial score (nSPS) is 12.8. The molecule has 0 bridgehead atoms. The Hall–Kier alpha value is -1.77. The van der Waals surface area contributed by atoms with Crippen molar-refractivity contribution in [2.24, 2.45) is 11.8 Å². The van der Waals surface area contributed by atoms with Crippen LogP contribution in [0.25, 0.3) is 10.9 Å². The zero-order chi connectivity index (χ0) is 14.7. The van der Waals surface area contributed by atoms with Gasteiger partial charge in [0.2, 0.25) is 5.91 Å². The van der Waals surface area contributed by atoms with E-state index in [1.807, 2.05) is 26.0 Å². The zero-order valence-corrected chi connectivity index (χ0v) is 12.8. The summed E-state index contributed by atoms with van der Waals surface area (Å²) in [5.41, 5.74) is 2.10. The molecule has 0 radical (unpaired) electrons. The fourth-order valence-electron chi connectivity index (χ4n) is 2.28. The summed E-state index contributed by atoms with van der Waals surface area (Å²) in [6.07, 6.45) is 2.98. The number of benzene rings is 1. The van der Waals surface area contributed by atoms with E-state index in [0.29, 0.717) is 5.92 Å². The van der Waals surface area contributed by atoms with Gasteiger partial charge in [0.25, 0.3) is 0 Å². The number of amides is 1. The topological polar surface area (TPSA) is 34.0 Å². The molecule has 1 N–H and O–H groups in total. The minimum absolute atomic E-state index is 0.0521. The maximum Gasteiger partial charge on any atom is 0.227 e. The fourth-order valence-corrected chi connectivity index (χ4v) is 2.28. The van der Waals surface area contributed by atoms with E-state index in [1.165, 1.54) is 10.9 Å². The van der Waals surface area contributed by atoms with Crippen molar-refractivity contribution in [1.29, 1.82) is 0 Å². The van der Waals surface area contributed by atoms with Gasteiger partial charge >= 0.3 is 0 Å². The molecule has 3 nitrogen and oxygen atoms in total. The van der Waals surface area contributed by atoms with Crippen LogP contribution in [-0.4, -0.2) is 10.5 Å². The second-order valence-corrected chi connectivity index (χ2v) is 5.93. The van der Waals surface area contributed by atoms with Crippen LogP contribution < -0.4 is 5.32 Å². The van der Waals surface area contributed by atoms with Gasteiger partial charge in [-0.05, 0) is 36.6 Å². The molecule has 0 saturated carbocycles. The van der Waals surface area contributed by atoms with Gasteiger partial charge in [-0.2, -0.15) is 0 Å². The van der Waals surface area contributed by atoms with Gasteiger partial charge in [0.1, 0.15) is 0 Å². The number of anilines is 1. The number of nitrogens with zero attached hydrogens (tertiary/aromatic N) is 1. The molecule has 0 spiro atoms. The van der Waals surface area contributed by atoms with E-state index in [0.717, 1.165) is 18.7 Å². The van der Waals surface area contributed by atoms with E-state index in [-0.39, 0.29) is 11.8 Å². The lowest BCUT2D eigenvalue weighted by molar-refractivity contribution is -0.119. The molecule has 2 aromatic rings. The number of carbonyl (C=O) groups is 1. The van der Waals surface area contributed by atoms with Crippen molar-refractivity contribution in [2.45, 2.75) is 40.7 Å². The summed E-state index contributed by atoms with van der Waals surface area (Å²) in [6.45, 7) is 9.42. The number of fused-ring (bicyclic) bond motifs is 1. The molecule has 2 rings (SSSR count). The van der Waals surface area contributed by atoms with Crippen LogP contribution in [0.5, 0.6) is 0 Å². The second-order valence-electron chi connectivity index (χ2n) is 5.93. The first kappa shape index (κ1) is 14.6. The number of aromatic nitrogens is 1. The minimum Gasteiger partial charge on any atom is -0.347 e. The Kier molecular flexibility index (Phi) is 4.48. The Morgan fingerprint density at radius 1 is 1.25 bits per heavy atom. The van der Waals surface area contributed by atoms with E-state index >= 15 is 0 Å². The number of rotatable bonds is 5. The van der Waals surface area contributed by atoms with Crippen LogP contribution in [0, 0.1) is 11.8 Å². The average Bonchev–Trinajstić information content (AvgIpc) is 2.79. The Bertz CT molecular complexity index is 598. The Morgan fingerprint density at radius 3 is 2.65 bits per heavy atom. The molecular weight excluding hydrogens is 248 g/mol. The average molecular weight is 272 g/mol. The summed E-state index contributed by atoms with van der Waals surface area (Å²) < 4.78 is 2.26. The van der Waals surface area contributed by atoms with Gasteiger partial charge < -0.3 is 9.88 Å². The molecule has 1 heterocycles. The van der Waals surface area contributed by atoms with Crippen LogP contribution in [0.3, 0.4) is 0 Å². The molecule has 0 aliphatic heterocycles. The van der Waals surface area contributed by atoms with Gasteiger partial charge in [-0.3, -0.25) is 4.79 Å². The molecule has 1 amide bonds. The highest BCUT2D eigenvalue weighted by atomic mass is 16.1. The molecule has 0 aliphatic carbocycles. The Morgan fingerprint density at radius 2 is 2.00 bits per heavy atom. The van der Waals surface area contributed by atoms with Crippen LogP contribution in [0.4, 0.5) is 5.69 Å². The number of nitrogens with one attached hydrogen (secondary N) is 1. The highest BCUT2D eigenvalue weighted by molar-refractivity contribution is 5.95. The molecule has 3 heteroatoms. The largest absolute Gasteiger partial charge is 0.347 e. The van der Waals surface area contributed by atoms with Gasteiger partial charge in [-0.25, -0.2) is 0 Å². The molecule has 20 heavy (non-hydrogen) atoms. The SMILES string of the molecule is CC[C@@H](C)C(=O)Nc1ccc2c(ccn2CC(C)C)c1. The van der Waals surface area contributed by atoms with Crippen LogP contribution in [0.2, 0.25) is 0 Å². The summed E-state index contributed by atoms with van der Waals surface area (Å²) in [6, 6.07) is 8.23. The Labute approximate surface area is 121 Å². The van der Waals surface area contributed by atoms with E-state index in [9.17, 15) is 4.79 Å². The lowest BCUT2D eigenvalue weighted by Crippen LogP contribution is -2.19. The summed E-state index contributed by atoms with van der Waals surface area (Å²) in [7, 11) is 0. The van der Waals surface area contributed by atoms with Crippen molar-refractivity contribution in [2.75, 3.05) is 5.32 Å². The molecular formula is C17H24N2O. The predicted octanol–water partition coefficient (Wildman–Crippen LogP) is 4.28. The summed E-state index contributed by atoms with van der Waals surface area (Å²) >= 11 is 0. The number of hydrogen-bond acceptors (Lipinski definition) is 1. The molecule has 1 atom stereocenters. The van der Waals surface area contributed by atoms with Gasteiger partial charge in [-0.15, -0.1) is 0 Å². The van der Waals surface area contributed by atoms with Gasteiger partial charge in [0, 0.05) is 35.2 Å². The van der Waals surface area contributed by atoms with E-state index < -0.39 is 0 Å². The summed E-state index contributed by atoms with van der Waals surface area (Å²) in [5, 5.41) is 4.16. The first-order chi connectivity index (χ1) is 9.51. The molecule has 0 unspecified atom stereocenters. The third-order valence-corrected chi connectivity index (χ3v) is 3.66. The van der Waals surface area contributed by atoms with Crippen molar-refractivity contribution in [3.63, 3.8) is 0 Å². The van der Waals surface area contributed by atoms with E-state index in [2.05, 4.69) is 42.1 Å². The van der Waals surface area contributed by atoms with Crippen LogP contribution in [-0.2, 0) is 11.3 Å². The minimum atomic E-state index is 0.0521. The molecule has 0 saturated heterocycles.